The van der Waals surface area contributed by atoms with Gasteiger partial charge in [0.2, 0.25) is 5.91 Å². The number of nitrogens with zero attached hydrogens (tertiary/aromatic N) is 1. The van der Waals surface area contributed by atoms with Crippen molar-refractivity contribution in [1.29, 1.82) is 0 Å². The lowest BCUT2D eigenvalue weighted by atomic mass is 9.86. The van der Waals surface area contributed by atoms with Crippen LogP contribution >= 0.6 is 11.6 Å². The molecule has 0 aliphatic heterocycles. The molecule has 1 aromatic rings. The third-order valence-electron chi connectivity index (χ3n) is 3.17. The second-order valence-electron chi connectivity index (χ2n) is 6.05. The zero-order valence-electron chi connectivity index (χ0n) is 13.0. The predicted octanol–water partition coefficient (Wildman–Crippen LogP) is 3.37. The zero-order chi connectivity index (χ0) is 15.3. The standard InChI is InChI=1S/C16H24ClNO2/c1-12-6-7-13(16(2,3)4)14(10-12)20-9-8-18(5)15(19)11-17/h6-7,10H,8-9,11H2,1-5H3. The van der Waals surface area contributed by atoms with Crippen LogP contribution in [-0.4, -0.2) is 36.9 Å². The van der Waals surface area contributed by atoms with Crippen molar-refractivity contribution >= 4 is 17.5 Å². The zero-order valence-corrected chi connectivity index (χ0v) is 13.8. The Morgan fingerprint density at radius 2 is 2.00 bits per heavy atom. The molecule has 0 N–H and O–H groups in total. The van der Waals surface area contributed by atoms with E-state index in [0.29, 0.717) is 13.2 Å². The SMILES string of the molecule is Cc1ccc(C(C)(C)C)c(OCCN(C)C(=O)CCl)c1. The lowest BCUT2D eigenvalue weighted by molar-refractivity contribution is -0.127. The van der Waals surface area contributed by atoms with E-state index >= 15 is 0 Å². The van der Waals surface area contributed by atoms with E-state index in [0.717, 1.165) is 11.3 Å². The van der Waals surface area contributed by atoms with Gasteiger partial charge in [-0.1, -0.05) is 32.9 Å². The summed E-state index contributed by atoms with van der Waals surface area (Å²) in [5.74, 6) is 0.813. The van der Waals surface area contributed by atoms with Gasteiger partial charge in [0.25, 0.3) is 0 Å². The van der Waals surface area contributed by atoms with Gasteiger partial charge in [-0.15, -0.1) is 11.6 Å². The summed E-state index contributed by atoms with van der Waals surface area (Å²) in [7, 11) is 1.73. The summed E-state index contributed by atoms with van der Waals surface area (Å²) in [5, 5.41) is 0. The molecule has 0 fully saturated rings. The van der Waals surface area contributed by atoms with Crippen molar-refractivity contribution < 1.29 is 9.53 Å². The summed E-state index contributed by atoms with van der Waals surface area (Å²) in [4.78, 5) is 13.0. The van der Waals surface area contributed by atoms with Gasteiger partial charge < -0.3 is 9.64 Å². The van der Waals surface area contributed by atoms with Crippen molar-refractivity contribution in [3.63, 3.8) is 0 Å². The first-order chi connectivity index (χ1) is 9.25. The lowest BCUT2D eigenvalue weighted by Crippen LogP contribution is -2.31. The van der Waals surface area contributed by atoms with Crippen LogP contribution in [0, 0.1) is 6.92 Å². The van der Waals surface area contributed by atoms with Gasteiger partial charge in [-0.05, 0) is 29.5 Å². The largest absolute Gasteiger partial charge is 0.491 e. The molecular formula is C16H24ClNO2. The molecule has 4 heteroatoms. The van der Waals surface area contributed by atoms with E-state index in [1.165, 1.54) is 5.56 Å². The summed E-state index contributed by atoms with van der Waals surface area (Å²) in [5.41, 5.74) is 2.37. The molecule has 0 radical (unpaired) electrons. The van der Waals surface area contributed by atoms with Gasteiger partial charge in [0, 0.05) is 7.05 Å². The Morgan fingerprint density at radius 3 is 2.55 bits per heavy atom. The Labute approximate surface area is 126 Å². The molecule has 112 valence electrons. The molecule has 0 saturated heterocycles. The minimum atomic E-state index is -0.0875. The minimum Gasteiger partial charge on any atom is -0.491 e. The van der Waals surface area contributed by atoms with Crippen LogP contribution < -0.4 is 4.74 Å². The number of amides is 1. The maximum atomic E-state index is 11.4. The van der Waals surface area contributed by atoms with Gasteiger partial charge in [0.05, 0.1) is 6.54 Å². The molecule has 1 aromatic carbocycles. The van der Waals surface area contributed by atoms with Gasteiger partial charge >= 0.3 is 0 Å². The van der Waals surface area contributed by atoms with Crippen molar-refractivity contribution in [2.45, 2.75) is 33.1 Å². The van der Waals surface area contributed by atoms with E-state index in [-0.39, 0.29) is 17.2 Å². The molecular weight excluding hydrogens is 274 g/mol. The van der Waals surface area contributed by atoms with E-state index in [1.807, 2.05) is 13.0 Å². The van der Waals surface area contributed by atoms with Crippen LogP contribution in [0.1, 0.15) is 31.9 Å². The van der Waals surface area contributed by atoms with Crippen LogP contribution in [-0.2, 0) is 10.2 Å². The third kappa shape index (κ3) is 4.71. The maximum Gasteiger partial charge on any atom is 0.237 e. The van der Waals surface area contributed by atoms with Gasteiger partial charge in [-0.25, -0.2) is 0 Å². The number of alkyl halides is 1. The number of hydrogen-bond acceptors (Lipinski definition) is 2. The molecule has 0 unspecified atom stereocenters. The first-order valence-corrected chi connectivity index (χ1v) is 7.33. The fraction of sp³-hybridized carbons (Fsp3) is 0.562. The quantitative estimate of drug-likeness (QED) is 0.780. The molecule has 1 amide bonds. The molecule has 0 aromatic heterocycles. The third-order valence-corrected chi connectivity index (χ3v) is 3.40. The van der Waals surface area contributed by atoms with Crippen molar-refractivity contribution in [3.05, 3.63) is 29.3 Å². The summed E-state index contributed by atoms with van der Waals surface area (Å²) >= 11 is 5.52. The Hall–Kier alpha value is -1.22. The van der Waals surface area contributed by atoms with E-state index in [1.54, 1.807) is 11.9 Å². The molecule has 0 aliphatic rings. The fourth-order valence-corrected chi connectivity index (χ4v) is 2.09. The number of ether oxygens (including phenoxy) is 1. The predicted molar refractivity (Wildman–Crippen MR) is 83.7 cm³/mol. The number of hydrogen-bond donors (Lipinski definition) is 0. The van der Waals surface area contributed by atoms with Crippen molar-refractivity contribution in [1.82, 2.24) is 4.90 Å². The highest BCUT2D eigenvalue weighted by atomic mass is 35.5. The first kappa shape index (κ1) is 16.8. The van der Waals surface area contributed by atoms with Gasteiger partial charge in [-0.2, -0.15) is 0 Å². The monoisotopic (exact) mass is 297 g/mol. The topological polar surface area (TPSA) is 29.5 Å². The van der Waals surface area contributed by atoms with Crippen LogP contribution in [0.2, 0.25) is 0 Å². The van der Waals surface area contributed by atoms with E-state index < -0.39 is 0 Å². The average Bonchev–Trinajstić information content (AvgIpc) is 2.36. The molecule has 0 aliphatic carbocycles. The Bertz CT molecular complexity index is 466. The highest BCUT2D eigenvalue weighted by Gasteiger charge is 2.19. The summed E-state index contributed by atoms with van der Waals surface area (Å²) in [6.07, 6.45) is 0. The summed E-state index contributed by atoms with van der Waals surface area (Å²) in [6, 6.07) is 6.25. The van der Waals surface area contributed by atoms with Crippen molar-refractivity contribution in [2.24, 2.45) is 0 Å². The van der Waals surface area contributed by atoms with Crippen molar-refractivity contribution in [3.8, 4) is 5.75 Å². The number of carbonyl (C=O) groups excluding carboxylic acids is 1. The average molecular weight is 298 g/mol. The highest BCUT2D eigenvalue weighted by molar-refractivity contribution is 6.27. The Kier molecular flexibility index (Phi) is 5.88. The number of rotatable bonds is 5. The Balaban J connectivity index is 2.72. The van der Waals surface area contributed by atoms with E-state index in [2.05, 4.69) is 32.9 Å². The highest BCUT2D eigenvalue weighted by Crippen LogP contribution is 2.31. The second kappa shape index (κ2) is 6.98. The van der Waals surface area contributed by atoms with Gasteiger partial charge in [-0.3, -0.25) is 4.79 Å². The second-order valence-corrected chi connectivity index (χ2v) is 6.31. The number of likely N-dealkylation sites (N-methyl/N-ethyl adjacent to an activating group) is 1. The molecule has 0 bridgehead atoms. The van der Waals surface area contributed by atoms with Crippen LogP contribution in [0.5, 0.6) is 5.75 Å². The summed E-state index contributed by atoms with van der Waals surface area (Å²) in [6.45, 7) is 9.52. The molecule has 0 saturated carbocycles. The lowest BCUT2D eigenvalue weighted by Gasteiger charge is -2.24. The minimum absolute atomic E-state index is 0.00812. The van der Waals surface area contributed by atoms with Gasteiger partial charge in [0.1, 0.15) is 18.2 Å². The van der Waals surface area contributed by atoms with Crippen molar-refractivity contribution in [2.75, 3.05) is 26.1 Å². The van der Waals surface area contributed by atoms with Crippen LogP contribution in [0.4, 0.5) is 0 Å². The maximum absolute atomic E-state index is 11.4. The smallest absolute Gasteiger partial charge is 0.237 e. The van der Waals surface area contributed by atoms with Crippen LogP contribution in [0.15, 0.2) is 18.2 Å². The van der Waals surface area contributed by atoms with Crippen LogP contribution in [0.3, 0.4) is 0 Å². The molecule has 3 nitrogen and oxygen atoms in total. The number of carbonyl (C=O) groups is 1. The normalized spacial score (nSPS) is 11.3. The van der Waals surface area contributed by atoms with E-state index in [4.69, 9.17) is 16.3 Å². The molecule has 0 atom stereocenters. The number of halogens is 1. The number of benzene rings is 1. The van der Waals surface area contributed by atoms with Crippen LogP contribution in [0.25, 0.3) is 0 Å². The van der Waals surface area contributed by atoms with E-state index in [9.17, 15) is 4.79 Å². The molecule has 0 spiro atoms. The molecule has 0 heterocycles. The first-order valence-electron chi connectivity index (χ1n) is 6.79. The molecule has 1 rings (SSSR count). The summed E-state index contributed by atoms with van der Waals surface area (Å²) < 4.78 is 5.87. The van der Waals surface area contributed by atoms with Gasteiger partial charge in [0.15, 0.2) is 0 Å². The Morgan fingerprint density at radius 1 is 1.35 bits per heavy atom. The number of aryl methyl sites for hydroxylation is 1. The fourth-order valence-electron chi connectivity index (χ4n) is 1.89. The molecule has 20 heavy (non-hydrogen) atoms.